The molecule has 3 nitrogen and oxygen atoms in total. The van der Waals surface area contributed by atoms with Crippen LogP contribution in [-0.4, -0.2) is 11.7 Å². The molecule has 0 bridgehead atoms. The highest BCUT2D eigenvalue weighted by Gasteiger charge is 2.39. The van der Waals surface area contributed by atoms with Crippen LogP contribution >= 0.6 is 23.2 Å². The van der Waals surface area contributed by atoms with Gasteiger partial charge >= 0.3 is 0 Å². The lowest BCUT2D eigenvalue weighted by Gasteiger charge is -2.38. The summed E-state index contributed by atoms with van der Waals surface area (Å²) in [6.45, 7) is 0.790. The van der Waals surface area contributed by atoms with E-state index < -0.39 is 0 Å². The molecule has 3 atom stereocenters. The number of ether oxygens (including phenoxy) is 1. The van der Waals surface area contributed by atoms with Crippen LogP contribution in [0.25, 0.3) is 0 Å². The van der Waals surface area contributed by atoms with E-state index in [1.54, 1.807) is 6.07 Å². The van der Waals surface area contributed by atoms with Crippen molar-refractivity contribution in [1.29, 1.82) is 0 Å². The molecule has 0 spiro atoms. The predicted octanol–water partition coefficient (Wildman–Crippen LogP) is 7.87. The third kappa shape index (κ3) is 4.27. The summed E-state index contributed by atoms with van der Waals surface area (Å²) in [5.74, 6) is 2.46. The fourth-order valence-corrected chi connectivity index (χ4v) is 6.12. The van der Waals surface area contributed by atoms with E-state index in [1.807, 2.05) is 12.1 Å². The summed E-state index contributed by atoms with van der Waals surface area (Å²) in [6, 6.07) is 9.69. The molecule has 5 heteroatoms. The number of phenolic OH excluding ortho intramolecular Hbond substituents is 1. The van der Waals surface area contributed by atoms with Crippen LogP contribution in [0, 0.1) is 11.8 Å². The minimum Gasteiger partial charge on any atom is -0.506 e. The molecule has 3 aliphatic rings. The molecule has 0 amide bonds. The van der Waals surface area contributed by atoms with Gasteiger partial charge in [-0.3, -0.25) is 0 Å². The highest BCUT2D eigenvalue weighted by molar-refractivity contribution is 6.35. The van der Waals surface area contributed by atoms with Crippen molar-refractivity contribution in [2.24, 2.45) is 11.8 Å². The van der Waals surface area contributed by atoms with Crippen molar-refractivity contribution in [2.45, 2.75) is 56.9 Å². The van der Waals surface area contributed by atoms with Gasteiger partial charge in [0.05, 0.1) is 17.7 Å². The van der Waals surface area contributed by atoms with E-state index in [0.29, 0.717) is 16.0 Å². The van der Waals surface area contributed by atoms with E-state index >= 15 is 0 Å². The molecule has 3 unspecified atom stereocenters. The summed E-state index contributed by atoms with van der Waals surface area (Å²) in [5, 5.41) is 15.1. The van der Waals surface area contributed by atoms with Crippen molar-refractivity contribution < 1.29 is 9.84 Å². The number of anilines is 1. The second-order valence-electron chi connectivity index (χ2n) is 9.19. The maximum Gasteiger partial charge on any atom is 0.139 e. The maximum atomic E-state index is 10.6. The first-order chi connectivity index (χ1) is 15.1. The van der Waals surface area contributed by atoms with Crippen molar-refractivity contribution in [3.8, 4) is 11.5 Å². The van der Waals surface area contributed by atoms with Gasteiger partial charge in [-0.2, -0.15) is 0 Å². The lowest BCUT2D eigenvalue weighted by Crippen LogP contribution is -2.29. The van der Waals surface area contributed by atoms with Crippen LogP contribution in [0.2, 0.25) is 10.0 Å². The molecule has 2 N–H and O–H groups in total. The summed E-state index contributed by atoms with van der Waals surface area (Å²) < 4.78 is 6.16. The van der Waals surface area contributed by atoms with Gasteiger partial charge in [0.1, 0.15) is 11.5 Å². The van der Waals surface area contributed by atoms with Crippen LogP contribution in [0.5, 0.6) is 11.5 Å². The molecular formula is C26H29Cl2NO2. The second kappa shape index (κ2) is 8.96. The molecule has 2 aliphatic carbocycles. The first-order valence-electron chi connectivity index (χ1n) is 11.5. The zero-order valence-electron chi connectivity index (χ0n) is 17.6. The molecule has 31 heavy (non-hydrogen) atoms. The molecule has 164 valence electrons. The van der Waals surface area contributed by atoms with Gasteiger partial charge in [0.15, 0.2) is 0 Å². The molecule has 2 aromatic rings. The van der Waals surface area contributed by atoms with Crippen LogP contribution in [0.15, 0.2) is 42.5 Å². The largest absolute Gasteiger partial charge is 0.506 e. The fraction of sp³-hybridized carbons (Fsp3) is 0.462. The Kier molecular flexibility index (Phi) is 6.08. The Labute approximate surface area is 194 Å². The Bertz CT molecular complexity index is 984. The Morgan fingerprint density at radius 1 is 1.03 bits per heavy atom. The van der Waals surface area contributed by atoms with Gasteiger partial charge in [-0.25, -0.2) is 0 Å². The Balaban J connectivity index is 1.35. The molecule has 1 aliphatic heterocycles. The molecule has 1 heterocycles. The number of halogens is 2. The monoisotopic (exact) mass is 457 g/mol. The normalized spacial score (nSPS) is 25.0. The minimum atomic E-state index is -0.0539. The van der Waals surface area contributed by atoms with Crippen molar-refractivity contribution in [3.63, 3.8) is 0 Å². The van der Waals surface area contributed by atoms with Crippen LogP contribution in [0.4, 0.5) is 5.69 Å². The summed E-state index contributed by atoms with van der Waals surface area (Å²) >= 11 is 12.5. The number of rotatable bonds is 5. The van der Waals surface area contributed by atoms with E-state index in [1.165, 1.54) is 37.7 Å². The Morgan fingerprint density at radius 2 is 1.87 bits per heavy atom. The number of hydrogen-bond donors (Lipinski definition) is 2. The SMILES string of the molecule is Oc1c(Cl)cc(Cl)cc1C1Nc2ccc(OCCC3CCCCC3)cc2C2C=CCC21. The smallest absolute Gasteiger partial charge is 0.139 e. The quantitative estimate of drug-likeness (QED) is 0.448. The standard InChI is InChI=1S/C26H29Cl2NO2/c27-17-13-22(26(30)23(28)14-17)25-20-8-4-7-19(20)21-15-18(9-10-24(21)29-25)31-12-11-16-5-2-1-3-6-16/h4,7,9-10,13-16,19-20,25,29-30H,1-3,5-6,8,11-12H2. The van der Waals surface area contributed by atoms with Crippen molar-refractivity contribution in [1.82, 2.24) is 0 Å². The highest BCUT2D eigenvalue weighted by Crippen LogP contribution is 2.52. The number of nitrogens with one attached hydrogen (secondary N) is 1. The zero-order valence-corrected chi connectivity index (χ0v) is 19.1. The molecule has 0 aromatic heterocycles. The molecule has 5 rings (SSSR count). The summed E-state index contributed by atoms with van der Waals surface area (Å²) in [4.78, 5) is 0. The first-order valence-corrected chi connectivity index (χ1v) is 12.2. The van der Waals surface area contributed by atoms with Crippen molar-refractivity contribution in [2.75, 3.05) is 11.9 Å². The van der Waals surface area contributed by atoms with E-state index in [0.717, 1.165) is 42.4 Å². The van der Waals surface area contributed by atoms with E-state index in [9.17, 15) is 5.11 Å². The number of hydrogen-bond acceptors (Lipinski definition) is 3. The fourth-order valence-electron chi connectivity index (χ4n) is 5.61. The Hall–Kier alpha value is -1.84. The predicted molar refractivity (Wildman–Crippen MR) is 128 cm³/mol. The summed E-state index contributed by atoms with van der Waals surface area (Å²) in [7, 11) is 0. The van der Waals surface area contributed by atoms with Gasteiger partial charge in [-0.15, -0.1) is 0 Å². The summed E-state index contributed by atoms with van der Waals surface area (Å²) in [5.41, 5.74) is 3.10. The molecule has 0 radical (unpaired) electrons. The van der Waals surface area contributed by atoms with E-state index in [2.05, 4.69) is 29.6 Å². The number of fused-ring (bicyclic) bond motifs is 3. The molecule has 1 saturated carbocycles. The zero-order chi connectivity index (χ0) is 21.4. The van der Waals surface area contributed by atoms with Crippen molar-refractivity contribution >= 4 is 28.9 Å². The number of phenols is 1. The van der Waals surface area contributed by atoms with E-state index in [4.69, 9.17) is 27.9 Å². The Morgan fingerprint density at radius 3 is 2.71 bits per heavy atom. The van der Waals surface area contributed by atoms with Gasteiger partial charge in [-0.1, -0.05) is 67.5 Å². The first kappa shape index (κ1) is 21.0. The second-order valence-corrected chi connectivity index (χ2v) is 10.0. The molecule has 0 saturated heterocycles. The third-order valence-electron chi connectivity index (χ3n) is 7.25. The third-order valence-corrected chi connectivity index (χ3v) is 7.75. The highest BCUT2D eigenvalue weighted by atomic mass is 35.5. The van der Waals surface area contributed by atoms with Gasteiger partial charge in [0.2, 0.25) is 0 Å². The molecule has 2 aromatic carbocycles. The van der Waals surface area contributed by atoms with Gasteiger partial charge in [-0.05, 0) is 60.6 Å². The summed E-state index contributed by atoms with van der Waals surface area (Å²) in [6.07, 6.45) is 13.5. The van der Waals surface area contributed by atoms with Gasteiger partial charge in [0.25, 0.3) is 0 Å². The van der Waals surface area contributed by atoms with Crippen LogP contribution in [0.3, 0.4) is 0 Å². The van der Waals surface area contributed by atoms with Crippen LogP contribution in [-0.2, 0) is 0 Å². The average molecular weight is 458 g/mol. The topological polar surface area (TPSA) is 41.5 Å². The van der Waals surface area contributed by atoms with Crippen molar-refractivity contribution in [3.05, 3.63) is 63.7 Å². The lowest BCUT2D eigenvalue weighted by molar-refractivity contribution is 0.246. The average Bonchev–Trinajstić information content (AvgIpc) is 3.27. The van der Waals surface area contributed by atoms with E-state index in [-0.39, 0.29) is 17.7 Å². The van der Waals surface area contributed by atoms with Gasteiger partial charge < -0.3 is 15.2 Å². The maximum absolute atomic E-state index is 10.6. The lowest BCUT2D eigenvalue weighted by atomic mass is 9.77. The van der Waals surface area contributed by atoms with Gasteiger partial charge in [0, 0.05) is 22.2 Å². The number of benzene rings is 2. The molecule has 1 fully saturated rings. The van der Waals surface area contributed by atoms with Crippen LogP contribution in [0.1, 0.15) is 68.0 Å². The molecular weight excluding hydrogens is 429 g/mol. The number of allylic oxidation sites excluding steroid dienone is 2. The minimum absolute atomic E-state index is 0.0539. The number of aromatic hydroxyl groups is 1. The van der Waals surface area contributed by atoms with Crippen LogP contribution < -0.4 is 10.1 Å².